The van der Waals surface area contributed by atoms with Gasteiger partial charge in [0.1, 0.15) is 5.75 Å². The molecule has 0 aromatic heterocycles. The van der Waals surface area contributed by atoms with Crippen LogP contribution in [0.1, 0.15) is 129 Å². The van der Waals surface area contributed by atoms with Crippen molar-refractivity contribution in [3.63, 3.8) is 0 Å². The van der Waals surface area contributed by atoms with Crippen LogP contribution in [0.25, 0.3) is 0 Å². The molecule has 0 heterocycles. The SMILES string of the molecule is C=C.CC.CCCCCCCCCCCCCCCCCCOc1ccc(C)cc1.CN.N. The third-order valence-electron chi connectivity index (χ3n) is 5.29. The lowest BCUT2D eigenvalue weighted by atomic mass is 10.0. The van der Waals surface area contributed by atoms with E-state index in [1.807, 2.05) is 13.8 Å². The summed E-state index contributed by atoms with van der Waals surface area (Å²) < 4.78 is 5.78. The van der Waals surface area contributed by atoms with Gasteiger partial charge < -0.3 is 16.6 Å². The molecule has 1 aromatic carbocycles. The average molecular weight is 467 g/mol. The fourth-order valence-corrected chi connectivity index (χ4v) is 3.47. The molecule has 0 bridgehead atoms. The average Bonchev–Trinajstić information content (AvgIpc) is 2.86. The summed E-state index contributed by atoms with van der Waals surface area (Å²) in [6.07, 6.45) is 22.6. The smallest absolute Gasteiger partial charge is 0.119 e. The largest absolute Gasteiger partial charge is 0.494 e. The molecule has 3 nitrogen and oxygen atoms in total. The van der Waals surface area contributed by atoms with Crippen molar-refractivity contribution in [2.75, 3.05) is 13.7 Å². The summed E-state index contributed by atoms with van der Waals surface area (Å²) in [5.74, 6) is 1.01. The minimum Gasteiger partial charge on any atom is -0.494 e. The van der Waals surface area contributed by atoms with Crippen LogP contribution in [-0.4, -0.2) is 13.7 Å². The summed E-state index contributed by atoms with van der Waals surface area (Å²) in [5.41, 5.74) is 5.79. The van der Waals surface area contributed by atoms with E-state index >= 15 is 0 Å². The zero-order valence-electron chi connectivity index (χ0n) is 23.4. The van der Waals surface area contributed by atoms with Crippen LogP contribution in [0.3, 0.4) is 0 Å². The molecule has 0 aliphatic rings. The van der Waals surface area contributed by atoms with Crippen LogP contribution in [-0.2, 0) is 0 Å². The second kappa shape index (κ2) is 38.0. The quantitative estimate of drug-likeness (QED) is 0.167. The predicted octanol–water partition coefficient (Wildman–Crippen LogP) is 10.2. The van der Waals surface area contributed by atoms with Gasteiger partial charge in [-0.3, -0.25) is 0 Å². The molecule has 1 rings (SSSR count). The third kappa shape index (κ3) is 32.9. The summed E-state index contributed by atoms with van der Waals surface area (Å²) in [5, 5.41) is 0. The molecule has 0 saturated carbocycles. The number of nitrogens with two attached hydrogens (primary N) is 1. The van der Waals surface area contributed by atoms with Crippen molar-refractivity contribution in [1.29, 1.82) is 0 Å². The Morgan fingerprint density at radius 3 is 1.24 bits per heavy atom. The third-order valence-corrected chi connectivity index (χ3v) is 5.29. The van der Waals surface area contributed by atoms with Crippen LogP contribution in [0.15, 0.2) is 37.4 Å². The Kier molecular flexibility index (Phi) is 44.8. The molecule has 0 radical (unpaired) electrons. The number of benzene rings is 1. The van der Waals surface area contributed by atoms with Crippen molar-refractivity contribution in [2.24, 2.45) is 5.73 Å². The molecule has 0 atom stereocenters. The van der Waals surface area contributed by atoms with Crippen molar-refractivity contribution in [3.05, 3.63) is 43.0 Å². The fraction of sp³-hybridized carbons (Fsp3) is 0.733. The maximum Gasteiger partial charge on any atom is 0.119 e. The zero-order valence-corrected chi connectivity index (χ0v) is 23.4. The van der Waals surface area contributed by atoms with E-state index in [0.29, 0.717) is 0 Å². The van der Waals surface area contributed by atoms with Gasteiger partial charge in [0.25, 0.3) is 0 Å². The van der Waals surface area contributed by atoms with Crippen molar-refractivity contribution < 1.29 is 4.74 Å². The Hall–Kier alpha value is -1.32. The van der Waals surface area contributed by atoms with E-state index in [-0.39, 0.29) is 6.15 Å². The molecule has 5 N–H and O–H groups in total. The first-order valence-corrected chi connectivity index (χ1v) is 13.6. The van der Waals surface area contributed by atoms with Crippen LogP contribution in [0.2, 0.25) is 0 Å². The number of unbranched alkanes of at least 4 members (excludes halogenated alkanes) is 15. The highest BCUT2D eigenvalue weighted by Crippen LogP contribution is 2.15. The highest BCUT2D eigenvalue weighted by atomic mass is 16.5. The summed E-state index contributed by atoms with van der Waals surface area (Å²) in [6.45, 7) is 15.3. The lowest BCUT2D eigenvalue weighted by Crippen LogP contribution is -1.97. The lowest BCUT2D eigenvalue weighted by molar-refractivity contribution is 0.304. The Balaban J connectivity index is -0.000000553. The van der Waals surface area contributed by atoms with E-state index in [2.05, 4.69) is 57.0 Å². The predicted molar refractivity (Wildman–Crippen MR) is 154 cm³/mol. The molecule has 3 heteroatoms. The molecular weight excluding hydrogens is 404 g/mol. The molecule has 33 heavy (non-hydrogen) atoms. The maximum atomic E-state index is 5.78. The summed E-state index contributed by atoms with van der Waals surface area (Å²) in [7, 11) is 1.50. The van der Waals surface area contributed by atoms with E-state index in [1.165, 1.54) is 115 Å². The number of hydrogen-bond acceptors (Lipinski definition) is 3. The van der Waals surface area contributed by atoms with E-state index in [1.54, 1.807) is 0 Å². The normalized spacial score (nSPS) is 9.15. The lowest BCUT2D eigenvalue weighted by Gasteiger charge is -2.06. The van der Waals surface area contributed by atoms with E-state index in [0.717, 1.165) is 12.4 Å². The van der Waals surface area contributed by atoms with Gasteiger partial charge in [0, 0.05) is 0 Å². The van der Waals surface area contributed by atoms with Gasteiger partial charge in [-0.25, -0.2) is 0 Å². The summed E-state index contributed by atoms with van der Waals surface area (Å²) in [6, 6.07) is 8.37. The van der Waals surface area contributed by atoms with Gasteiger partial charge in [0.05, 0.1) is 6.61 Å². The first-order chi connectivity index (χ1) is 15.8. The topological polar surface area (TPSA) is 70.2 Å². The van der Waals surface area contributed by atoms with Gasteiger partial charge in [-0.1, -0.05) is 135 Å². The Labute approximate surface area is 209 Å². The minimum absolute atomic E-state index is 0. The second-order valence-electron chi connectivity index (χ2n) is 7.96. The van der Waals surface area contributed by atoms with E-state index < -0.39 is 0 Å². The Morgan fingerprint density at radius 2 is 0.909 bits per heavy atom. The van der Waals surface area contributed by atoms with Crippen LogP contribution in [0, 0.1) is 6.92 Å². The minimum atomic E-state index is 0. The summed E-state index contributed by atoms with van der Waals surface area (Å²) >= 11 is 0. The van der Waals surface area contributed by atoms with Gasteiger partial charge in [0.2, 0.25) is 0 Å². The molecule has 198 valence electrons. The van der Waals surface area contributed by atoms with Crippen LogP contribution >= 0.6 is 0 Å². The first-order valence-electron chi connectivity index (χ1n) is 13.6. The van der Waals surface area contributed by atoms with Crippen LogP contribution < -0.4 is 16.6 Å². The highest BCUT2D eigenvalue weighted by molar-refractivity contribution is 5.26. The van der Waals surface area contributed by atoms with Gasteiger partial charge in [-0.2, -0.15) is 0 Å². The van der Waals surface area contributed by atoms with E-state index in [9.17, 15) is 0 Å². The number of rotatable bonds is 18. The molecule has 0 spiro atoms. The van der Waals surface area contributed by atoms with Gasteiger partial charge >= 0.3 is 0 Å². The van der Waals surface area contributed by atoms with Crippen molar-refractivity contribution in [3.8, 4) is 5.75 Å². The molecular formula is C30H62N2O. The van der Waals surface area contributed by atoms with Gasteiger partial charge in [-0.15, -0.1) is 13.2 Å². The van der Waals surface area contributed by atoms with Crippen LogP contribution in [0.4, 0.5) is 0 Å². The molecule has 1 aromatic rings. The molecule has 0 fully saturated rings. The van der Waals surface area contributed by atoms with Gasteiger partial charge in [0.15, 0.2) is 0 Å². The number of aryl methyl sites for hydroxylation is 1. The molecule has 0 aliphatic heterocycles. The first kappa shape index (κ1) is 38.9. The molecule has 0 amide bonds. The number of ether oxygens (including phenoxy) is 1. The van der Waals surface area contributed by atoms with Crippen molar-refractivity contribution in [2.45, 2.75) is 130 Å². The van der Waals surface area contributed by atoms with Gasteiger partial charge in [-0.05, 0) is 32.5 Å². The Morgan fingerprint density at radius 1 is 0.606 bits per heavy atom. The highest BCUT2D eigenvalue weighted by Gasteiger charge is 1.96. The Bertz CT molecular complexity index is 420. The molecule has 0 saturated heterocycles. The second-order valence-corrected chi connectivity index (χ2v) is 7.96. The fourth-order valence-electron chi connectivity index (χ4n) is 3.47. The van der Waals surface area contributed by atoms with E-state index in [4.69, 9.17) is 4.74 Å². The molecule has 0 aliphatic carbocycles. The van der Waals surface area contributed by atoms with Crippen molar-refractivity contribution in [1.82, 2.24) is 6.15 Å². The maximum absolute atomic E-state index is 5.78. The summed E-state index contributed by atoms with van der Waals surface area (Å²) in [4.78, 5) is 0. The monoisotopic (exact) mass is 466 g/mol. The van der Waals surface area contributed by atoms with Crippen molar-refractivity contribution >= 4 is 0 Å². The zero-order chi connectivity index (χ0) is 24.7. The number of hydrogen-bond donors (Lipinski definition) is 2. The van der Waals surface area contributed by atoms with Crippen LogP contribution in [0.5, 0.6) is 5.75 Å². The standard InChI is InChI=1S/C25H44O.C2H6.C2H4.CH5N.H3N/c1-3-4-5-6-7-8-9-10-11-12-13-14-15-16-17-18-23-26-25-21-19-24(2)20-22-25;3*1-2;/h19-22H,3-18,23H2,1-2H3;1-2H3;1-2H2;2H2,1H3;1H3. The molecule has 0 unspecified atom stereocenters.